The fourth-order valence-corrected chi connectivity index (χ4v) is 7.16. The minimum absolute atomic E-state index is 0.0140. The minimum atomic E-state index is -1.62. The number of primary amides is 1. The summed E-state index contributed by atoms with van der Waals surface area (Å²) in [6.07, 6.45) is -0.725. The second kappa shape index (κ2) is 25.2. The molecule has 0 spiro atoms. The standard InChI is InChI=1S/C34H54N12O10S2/c1-17(2)27-32(54)45-24(33(55)56)16-58-14-19-6-3-5-18(40-19)13-57-15-23(41-26(49)11-35)31(53)44-22(12-47)30(52)42-20(7-4-10-39-34(37)38)28(50)43-21(29(51)46-27)8-9-25(36)48/h3,5-6,17,20-24,27,47H,4,7-16,35H2,1-2H3,(H2,36,48)(H,41,49)(H,42,52)(H,43,50)(H,44,53)(H,45,54)(H,46,51)(H,55,56)(H4,37,38,39)/t20-,21-,22-,23-,24-,27-/m0/s1. The molecule has 2 bridgehead atoms. The Morgan fingerprint density at radius 2 is 1.41 bits per heavy atom. The number of aromatic nitrogens is 1. The number of nitrogens with one attached hydrogen (secondary N) is 6. The van der Waals surface area contributed by atoms with E-state index >= 15 is 0 Å². The number of aliphatic imine (C=N–C) groups is 1. The van der Waals surface area contributed by atoms with E-state index in [0.29, 0.717) is 11.4 Å². The highest BCUT2D eigenvalue weighted by atomic mass is 32.2. The summed E-state index contributed by atoms with van der Waals surface area (Å²) in [5.41, 5.74) is 22.8. The van der Waals surface area contributed by atoms with Gasteiger partial charge in [0.25, 0.3) is 0 Å². The van der Waals surface area contributed by atoms with Crippen LogP contribution in [-0.4, -0.2) is 136 Å². The Morgan fingerprint density at radius 1 is 0.845 bits per heavy atom. The molecule has 1 aromatic heterocycles. The van der Waals surface area contributed by atoms with Crippen LogP contribution in [0.4, 0.5) is 0 Å². The first-order chi connectivity index (χ1) is 27.4. The fraction of sp³-hybridized carbons (Fsp3) is 0.588. The van der Waals surface area contributed by atoms with Crippen molar-refractivity contribution >= 4 is 76.8 Å². The molecule has 0 saturated heterocycles. The van der Waals surface area contributed by atoms with Gasteiger partial charge in [0.2, 0.25) is 41.4 Å². The van der Waals surface area contributed by atoms with Crippen LogP contribution in [0.3, 0.4) is 0 Å². The molecule has 16 N–H and O–H groups in total. The highest BCUT2D eigenvalue weighted by Crippen LogP contribution is 2.17. The van der Waals surface area contributed by atoms with E-state index in [2.05, 4.69) is 41.9 Å². The number of carbonyl (C=O) groups is 8. The zero-order chi connectivity index (χ0) is 43.4. The number of aliphatic hydroxyl groups excluding tert-OH is 1. The summed E-state index contributed by atoms with van der Waals surface area (Å²) in [6.45, 7) is 1.86. The molecular weight excluding hydrogens is 801 g/mol. The quantitative estimate of drug-likeness (QED) is 0.0535. The Balaban J connectivity index is 2.56. The van der Waals surface area contributed by atoms with E-state index < -0.39 is 103 Å². The molecule has 1 aromatic rings. The molecule has 0 aromatic carbocycles. The molecule has 0 unspecified atom stereocenters. The minimum Gasteiger partial charge on any atom is -0.480 e. The smallest absolute Gasteiger partial charge is 0.327 e. The maximum Gasteiger partial charge on any atom is 0.327 e. The maximum atomic E-state index is 13.8. The Morgan fingerprint density at radius 3 is 1.97 bits per heavy atom. The normalized spacial score (nSPS) is 23.4. The Bertz CT molecular complexity index is 1650. The van der Waals surface area contributed by atoms with Crippen molar-refractivity contribution in [3.63, 3.8) is 0 Å². The molecule has 0 radical (unpaired) electrons. The number of rotatable bonds is 12. The molecule has 58 heavy (non-hydrogen) atoms. The molecule has 0 saturated carbocycles. The molecule has 7 amide bonds. The summed E-state index contributed by atoms with van der Waals surface area (Å²) in [5, 5.41) is 34.9. The number of thioether (sulfide) groups is 2. The van der Waals surface area contributed by atoms with Gasteiger partial charge < -0.3 is 65.0 Å². The van der Waals surface area contributed by atoms with Crippen LogP contribution in [-0.2, 0) is 49.9 Å². The number of aliphatic carboxylic acids is 1. The molecule has 24 heteroatoms. The molecule has 0 aliphatic carbocycles. The lowest BCUT2D eigenvalue weighted by atomic mass is 10.0. The van der Waals surface area contributed by atoms with E-state index in [4.69, 9.17) is 22.9 Å². The van der Waals surface area contributed by atoms with Gasteiger partial charge in [0, 0.05) is 36.0 Å². The fourth-order valence-electron chi connectivity index (χ4n) is 5.25. The van der Waals surface area contributed by atoms with Crippen LogP contribution in [0.2, 0.25) is 0 Å². The number of carboxylic acids is 1. The van der Waals surface area contributed by atoms with Gasteiger partial charge in [-0.2, -0.15) is 23.5 Å². The number of hydrogen-bond donors (Lipinski definition) is 12. The predicted molar refractivity (Wildman–Crippen MR) is 215 cm³/mol. The summed E-state index contributed by atoms with van der Waals surface area (Å²) in [7, 11) is 0. The summed E-state index contributed by atoms with van der Waals surface area (Å²) < 4.78 is 0. The monoisotopic (exact) mass is 854 g/mol. The van der Waals surface area contributed by atoms with Crippen molar-refractivity contribution < 1.29 is 48.6 Å². The topological polar surface area (TPSA) is 379 Å². The van der Waals surface area contributed by atoms with Gasteiger partial charge in [-0.25, -0.2) is 4.79 Å². The van der Waals surface area contributed by atoms with Crippen LogP contribution in [0.5, 0.6) is 0 Å². The number of hydrogen-bond acceptors (Lipinski definition) is 14. The second-order valence-corrected chi connectivity index (χ2v) is 15.5. The Hall–Kier alpha value is -5.20. The number of carboxylic acid groups (broad SMARTS) is 1. The zero-order valence-corrected chi connectivity index (χ0v) is 33.9. The van der Waals surface area contributed by atoms with Crippen molar-refractivity contribution in [2.45, 2.75) is 87.3 Å². The average molecular weight is 855 g/mol. The van der Waals surface area contributed by atoms with Gasteiger partial charge in [-0.05, 0) is 37.3 Å². The zero-order valence-electron chi connectivity index (χ0n) is 32.2. The van der Waals surface area contributed by atoms with E-state index in [-0.39, 0.29) is 61.2 Å². The summed E-state index contributed by atoms with van der Waals surface area (Å²) in [5.74, 6) is -7.71. The molecule has 2 heterocycles. The van der Waals surface area contributed by atoms with Crippen molar-refractivity contribution in [3.05, 3.63) is 29.6 Å². The average Bonchev–Trinajstić information content (AvgIpc) is 3.16. The third kappa shape index (κ3) is 17.5. The van der Waals surface area contributed by atoms with Gasteiger partial charge >= 0.3 is 5.97 Å². The van der Waals surface area contributed by atoms with E-state index in [1.807, 2.05) is 0 Å². The van der Waals surface area contributed by atoms with Gasteiger partial charge in [0.05, 0.1) is 24.5 Å². The molecule has 322 valence electrons. The number of nitrogens with two attached hydrogens (primary N) is 4. The van der Waals surface area contributed by atoms with Crippen molar-refractivity contribution in [1.82, 2.24) is 36.9 Å². The number of guanidine groups is 1. The number of aliphatic hydroxyl groups is 1. The Kier molecular flexibility index (Phi) is 21.3. The van der Waals surface area contributed by atoms with Crippen molar-refractivity contribution in [2.75, 3.05) is 31.2 Å². The highest BCUT2D eigenvalue weighted by molar-refractivity contribution is 7.98. The van der Waals surface area contributed by atoms with Crippen LogP contribution in [0.15, 0.2) is 23.2 Å². The van der Waals surface area contributed by atoms with Crippen LogP contribution < -0.4 is 54.8 Å². The van der Waals surface area contributed by atoms with Gasteiger partial charge in [0.15, 0.2) is 5.96 Å². The van der Waals surface area contributed by atoms with Crippen molar-refractivity contribution in [3.8, 4) is 0 Å². The Labute approximate surface area is 343 Å². The third-order valence-corrected chi connectivity index (χ3v) is 10.5. The molecule has 1 aliphatic heterocycles. The molecule has 2 rings (SSSR count). The maximum absolute atomic E-state index is 13.8. The summed E-state index contributed by atoms with van der Waals surface area (Å²) >= 11 is 2.41. The second-order valence-electron chi connectivity index (χ2n) is 13.4. The van der Waals surface area contributed by atoms with Gasteiger partial charge in [-0.3, -0.25) is 43.5 Å². The van der Waals surface area contributed by atoms with Crippen LogP contribution in [0, 0.1) is 5.92 Å². The number of amides is 7. The first kappa shape index (κ1) is 48.9. The SMILES string of the molecule is CC(C)[C@@H]1NC(=O)[C@H](CCC(N)=O)NC(=O)[C@H](CCCN=C(N)N)NC(=O)[C@H](CO)NC(=O)[C@@H](NC(=O)CN)CSCc2cccc(n2)CSC[C@@H](C(=O)O)NC1=O. The molecule has 1 aliphatic rings. The van der Waals surface area contributed by atoms with Crippen LogP contribution in [0.25, 0.3) is 0 Å². The van der Waals surface area contributed by atoms with Gasteiger partial charge in [-0.15, -0.1) is 0 Å². The molecular formula is C34H54N12O10S2. The van der Waals surface area contributed by atoms with Crippen LogP contribution in [0.1, 0.15) is 50.9 Å². The first-order valence-corrected chi connectivity index (χ1v) is 20.5. The lowest BCUT2D eigenvalue weighted by Crippen LogP contribution is -2.61. The molecule has 6 atom stereocenters. The number of fused-ring (bicyclic) bond motifs is 2. The number of carbonyl (C=O) groups excluding carboxylic acids is 7. The summed E-state index contributed by atoms with van der Waals surface area (Å²) in [6, 6.07) is -3.23. The van der Waals surface area contributed by atoms with E-state index in [0.717, 1.165) is 0 Å². The lowest BCUT2D eigenvalue weighted by Gasteiger charge is -2.28. The van der Waals surface area contributed by atoms with E-state index in [9.17, 15) is 48.6 Å². The number of nitrogens with zero attached hydrogens (tertiary/aromatic N) is 2. The van der Waals surface area contributed by atoms with Crippen molar-refractivity contribution in [1.29, 1.82) is 0 Å². The number of pyridine rings is 1. The lowest BCUT2D eigenvalue weighted by molar-refractivity contribution is -0.142. The van der Waals surface area contributed by atoms with Crippen molar-refractivity contribution in [2.24, 2.45) is 33.8 Å². The highest BCUT2D eigenvalue weighted by Gasteiger charge is 2.34. The molecule has 22 nitrogen and oxygen atoms in total. The third-order valence-electron chi connectivity index (χ3n) is 8.34. The van der Waals surface area contributed by atoms with Gasteiger partial charge in [-0.1, -0.05) is 19.9 Å². The van der Waals surface area contributed by atoms with Crippen LogP contribution >= 0.6 is 23.5 Å². The van der Waals surface area contributed by atoms with E-state index in [1.165, 1.54) is 23.5 Å². The molecule has 0 fully saturated rings. The first-order valence-electron chi connectivity index (χ1n) is 18.2. The van der Waals surface area contributed by atoms with Gasteiger partial charge in [0.1, 0.15) is 36.3 Å². The largest absolute Gasteiger partial charge is 0.480 e. The summed E-state index contributed by atoms with van der Waals surface area (Å²) in [4.78, 5) is 113. The van der Waals surface area contributed by atoms with E-state index in [1.54, 1.807) is 32.0 Å². The predicted octanol–water partition coefficient (Wildman–Crippen LogP) is -4.52.